The first-order chi connectivity index (χ1) is 19.3. The molecule has 39 heavy (non-hydrogen) atoms. The smallest absolute Gasteiger partial charge is 0.0796 e. The van der Waals surface area contributed by atoms with Crippen LogP contribution in [0.2, 0.25) is 0 Å². The highest BCUT2D eigenvalue weighted by Crippen LogP contribution is 2.39. The zero-order valence-electron chi connectivity index (χ0n) is 21.5. The number of nitrogens with one attached hydrogen (secondary N) is 2. The molecule has 3 aromatic carbocycles. The molecular weight excluding hydrogens is 476 g/mol. The second-order valence-electron chi connectivity index (χ2n) is 9.98. The molecule has 5 aromatic rings. The molecule has 2 atom stereocenters. The van der Waals surface area contributed by atoms with E-state index in [1.807, 2.05) is 49.1 Å². The number of hydrogen-bond acceptors (Lipinski definition) is 3. The molecule has 0 aliphatic carbocycles. The van der Waals surface area contributed by atoms with Gasteiger partial charge >= 0.3 is 0 Å². The number of benzene rings is 3. The molecule has 0 spiro atoms. The molecule has 188 valence electrons. The van der Waals surface area contributed by atoms with Crippen LogP contribution in [0, 0.1) is 0 Å². The molecule has 2 aliphatic heterocycles. The Balaban J connectivity index is 1.19. The molecule has 4 heterocycles. The summed E-state index contributed by atoms with van der Waals surface area (Å²) in [6, 6.07) is 32.5. The van der Waals surface area contributed by atoms with E-state index >= 15 is 0 Å². The molecule has 0 radical (unpaired) electrons. The number of pyridine rings is 1. The van der Waals surface area contributed by atoms with Gasteiger partial charge in [0.25, 0.3) is 0 Å². The summed E-state index contributed by atoms with van der Waals surface area (Å²) in [6.45, 7) is 0. The molecule has 2 aromatic heterocycles. The molecule has 0 amide bonds. The SMILES string of the molecule is C1=CC(c2ccccn2)=CC(c2ccc(-c3ccc(C4CC(c5ccc[nH]5)=CC=N4)c4ccccc34)cc2)N1. The number of aliphatic imine (C=N–C) groups is 1. The second-order valence-corrected chi connectivity index (χ2v) is 9.98. The van der Waals surface area contributed by atoms with Gasteiger partial charge < -0.3 is 10.3 Å². The zero-order valence-corrected chi connectivity index (χ0v) is 21.5. The van der Waals surface area contributed by atoms with Gasteiger partial charge in [-0.1, -0.05) is 66.7 Å². The van der Waals surface area contributed by atoms with Crippen LogP contribution < -0.4 is 5.32 Å². The van der Waals surface area contributed by atoms with E-state index in [0.717, 1.165) is 23.4 Å². The van der Waals surface area contributed by atoms with Gasteiger partial charge in [0, 0.05) is 30.7 Å². The third kappa shape index (κ3) is 4.51. The van der Waals surface area contributed by atoms with Crippen molar-refractivity contribution in [2.75, 3.05) is 0 Å². The minimum Gasteiger partial charge on any atom is -0.381 e. The summed E-state index contributed by atoms with van der Waals surface area (Å²) in [7, 11) is 0. The van der Waals surface area contributed by atoms with Gasteiger partial charge in [-0.15, -0.1) is 0 Å². The Bertz CT molecular complexity index is 1740. The Morgan fingerprint density at radius 1 is 0.795 bits per heavy atom. The Morgan fingerprint density at radius 3 is 2.49 bits per heavy atom. The molecule has 0 bridgehead atoms. The zero-order chi connectivity index (χ0) is 26.0. The normalized spacial score (nSPS) is 18.5. The Morgan fingerprint density at radius 2 is 1.67 bits per heavy atom. The summed E-state index contributed by atoms with van der Waals surface area (Å²) < 4.78 is 0. The average molecular weight is 505 g/mol. The van der Waals surface area contributed by atoms with Crippen LogP contribution in [0.4, 0.5) is 0 Å². The van der Waals surface area contributed by atoms with Gasteiger partial charge in [0.15, 0.2) is 0 Å². The minimum atomic E-state index is 0.0974. The van der Waals surface area contributed by atoms with Crippen molar-refractivity contribution < 1.29 is 0 Å². The lowest BCUT2D eigenvalue weighted by molar-refractivity contribution is 0.749. The topological polar surface area (TPSA) is 53.1 Å². The molecule has 2 unspecified atom stereocenters. The monoisotopic (exact) mass is 504 g/mol. The minimum absolute atomic E-state index is 0.0974. The second kappa shape index (κ2) is 10.1. The maximum absolute atomic E-state index is 4.87. The maximum Gasteiger partial charge on any atom is 0.0796 e. The van der Waals surface area contributed by atoms with Gasteiger partial charge in [-0.2, -0.15) is 0 Å². The predicted molar refractivity (Wildman–Crippen MR) is 161 cm³/mol. The van der Waals surface area contributed by atoms with Crippen molar-refractivity contribution in [3.8, 4) is 11.1 Å². The number of aromatic nitrogens is 2. The van der Waals surface area contributed by atoms with E-state index in [1.165, 1.54) is 38.6 Å². The van der Waals surface area contributed by atoms with Crippen molar-refractivity contribution in [3.63, 3.8) is 0 Å². The van der Waals surface area contributed by atoms with Crippen molar-refractivity contribution in [1.29, 1.82) is 0 Å². The standard InChI is InChI=1S/C35H28N4/c1-2-7-30-29(6-1)28(14-15-31(30)35-23-27(17-21-39-35)33-9-5-19-37-33)24-10-12-25(13-11-24)34-22-26(16-20-38-34)32-8-3-4-18-36-32/h1-22,34-35,37-38H,23H2. The van der Waals surface area contributed by atoms with Crippen molar-refractivity contribution in [1.82, 2.24) is 15.3 Å². The predicted octanol–water partition coefficient (Wildman–Crippen LogP) is 8.07. The van der Waals surface area contributed by atoms with E-state index in [4.69, 9.17) is 4.99 Å². The third-order valence-electron chi connectivity index (χ3n) is 7.64. The Hall–Kier alpha value is -4.96. The molecular formula is C35H28N4. The van der Waals surface area contributed by atoms with E-state index < -0.39 is 0 Å². The van der Waals surface area contributed by atoms with Crippen LogP contribution in [0.3, 0.4) is 0 Å². The van der Waals surface area contributed by atoms with Crippen LogP contribution >= 0.6 is 0 Å². The highest BCUT2D eigenvalue weighted by atomic mass is 14.9. The summed E-state index contributed by atoms with van der Waals surface area (Å²) >= 11 is 0. The van der Waals surface area contributed by atoms with Crippen LogP contribution in [0.15, 0.2) is 133 Å². The number of aromatic amines is 1. The summed E-state index contributed by atoms with van der Waals surface area (Å²) in [5, 5.41) is 5.99. The van der Waals surface area contributed by atoms with E-state index in [9.17, 15) is 0 Å². The number of rotatable bonds is 5. The number of nitrogens with zero attached hydrogens (tertiary/aromatic N) is 2. The van der Waals surface area contributed by atoms with Gasteiger partial charge in [0.05, 0.1) is 17.8 Å². The largest absolute Gasteiger partial charge is 0.381 e. The first-order valence-corrected chi connectivity index (χ1v) is 13.4. The fraction of sp³-hybridized carbons (Fsp3) is 0.0857. The van der Waals surface area contributed by atoms with Crippen LogP contribution in [0.25, 0.3) is 33.0 Å². The number of fused-ring (bicyclic) bond motifs is 1. The van der Waals surface area contributed by atoms with Gasteiger partial charge in [-0.05, 0) is 92.9 Å². The molecule has 2 aliphatic rings. The first-order valence-electron chi connectivity index (χ1n) is 13.4. The summed E-state index contributed by atoms with van der Waals surface area (Å²) in [6.07, 6.45) is 15.1. The van der Waals surface area contributed by atoms with Crippen LogP contribution in [-0.4, -0.2) is 16.2 Å². The summed E-state index contributed by atoms with van der Waals surface area (Å²) in [4.78, 5) is 12.7. The Labute approximate surface area is 228 Å². The number of allylic oxidation sites excluding steroid dienone is 3. The molecule has 7 rings (SSSR count). The summed E-state index contributed by atoms with van der Waals surface area (Å²) in [5.74, 6) is 0. The molecule has 4 nitrogen and oxygen atoms in total. The van der Waals surface area contributed by atoms with Gasteiger partial charge in [-0.25, -0.2) is 0 Å². The molecule has 0 saturated heterocycles. The fourth-order valence-electron chi connectivity index (χ4n) is 5.64. The molecule has 2 N–H and O–H groups in total. The number of H-pyrrole nitrogens is 1. The van der Waals surface area contributed by atoms with Crippen molar-refractivity contribution >= 4 is 28.1 Å². The van der Waals surface area contributed by atoms with Crippen molar-refractivity contribution in [2.45, 2.75) is 18.5 Å². The highest BCUT2D eigenvalue weighted by Gasteiger charge is 2.20. The number of hydrogen-bond donors (Lipinski definition) is 2. The fourth-order valence-corrected chi connectivity index (χ4v) is 5.64. The number of dihydropyridines is 2. The van der Waals surface area contributed by atoms with Crippen LogP contribution in [0.1, 0.15) is 41.0 Å². The van der Waals surface area contributed by atoms with Gasteiger partial charge in [0.2, 0.25) is 0 Å². The first kappa shape index (κ1) is 23.2. The maximum atomic E-state index is 4.87. The highest BCUT2D eigenvalue weighted by molar-refractivity contribution is 5.99. The van der Waals surface area contributed by atoms with Crippen LogP contribution in [-0.2, 0) is 0 Å². The van der Waals surface area contributed by atoms with Crippen molar-refractivity contribution in [3.05, 3.63) is 150 Å². The molecule has 4 heteroatoms. The molecule has 0 fully saturated rings. The lowest BCUT2D eigenvalue weighted by atomic mass is 9.88. The van der Waals surface area contributed by atoms with E-state index in [2.05, 4.69) is 100 Å². The lowest BCUT2D eigenvalue weighted by Crippen LogP contribution is -2.16. The van der Waals surface area contributed by atoms with E-state index in [1.54, 1.807) is 0 Å². The Kier molecular flexibility index (Phi) is 5.98. The van der Waals surface area contributed by atoms with Gasteiger partial charge in [-0.3, -0.25) is 9.98 Å². The van der Waals surface area contributed by atoms with Gasteiger partial charge in [0.1, 0.15) is 0 Å². The molecule has 0 saturated carbocycles. The van der Waals surface area contributed by atoms with Crippen LogP contribution in [0.5, 0.6) is 0 Å². The lowest BCUT2D eigenvalue weighted by Gasteiger charge is -2.21. The quantitative estimate of drug-likeness (QED) is 0.254. The average Bonchev–Trinajstić information content (AvgIpc) is 3.57. The van der Waals surface area contributed by atoms with E-state index in [0.29, 0.717) is 0 Å². The van der Waals surface area contributed by atoms with E-state index in [-0.39, 0.29) is 12.1 Å². The summed E-state index contributed by atoms with van der Waals surface area (Å²) in [5.41, 5.74) is 9.50. The van der Waals surface area contributed by atoms with Crippen molar-refractivity contribution in [2.24, 2.45) is 4.99 Å². The third-order valence-corrected chi connectivity index (χ3v) is 7.64.